The molecular formula is C58H44N2. The molecule has 0 atom stereocenters. The highest BCUT2D eigenvalue weighted by molar-refractivity contribution is 5.97. The first-order valence-corrected chi connectivity index (χ1v) is 21.0. The first-order chi connectivity index (χ1) is 29.3. The van der Waals surface area contributed by atoms with E-state index in [0.29, 0.717) is 0 Å². The molecule has 9 aromatic rings. The molecule has 60 heavy (non-hydrogen) atoms. The average Bonchev–Trinajstić information content (AvgIpc) is 3.68. The Balaban J connectivity index is 1.15. The van der Waals surface area contributed by atoms with E-state index in [1.165, 1.54) is 77.9 Å². The van der Waals surface area contributed by atoms with Crippen LogP contribution in [0.4, 0.5) is 0 Å². The van der Waals surface area contributed by atoms with Crippen LogP contribution in [0.5, 0.6) is 0 Å². The standard InChI is InChI=1S/C58H44N2/c1-57(2)51-15-7-5-13-43(51)45-29-27-41(33-53(45)57)49-36-50(42-28-30-46-44-14-6-8-16-52(44)58(3,4)54(46)34-42)48(38-21-25-40(26-22-38)56-18-10-12-32-60-56)35-47(49)37-19-23-39(24-20-37)55-17-9-11-31-59-55/h5-36H,1-4H3. The highest BCUT2D eigenvalue weighted by Gasteiger charge is 2.37. The van der Waals surface area contributed by atoms with Gasteiger partial charge in [0.05, 0.1) is 11.4 Å². The van der Waals surface area contributed by atoms with Gasteiger partial charge in [-0.1, -0.05) is 161 Å². The van der Waals surface area contributed by atoms with Crippen molar-refractivity contribution in [2.24, 2.45) is 0 Å². The van der Waals surface area contributed by atoms with E-state index in [9.17, 15) is 0 Å². The van der Waals surface area contributed by atoms with Crippen LogP contribution in [-0.2, 0) is 10.8 Å². The summed E-state index contributed by atoms with van der Waals surface area (Å²) in [6.45, 7) is 9.47. The molecule has 2 heterocycles. The molecule has 0 unspecified atom stereocenters. The number of hydrogen-bond donors (Lipinski definition) is 0. The van der Waals surface area contributed by atoms with Gasteiger partial charge in [0.15, 0.2) is 0 Å². The van der Waals surface area contributed by atoms with Gasteiger partial charge in [-0.2, -0.15) is 0 Å². The van der Waals surface area contributed by atoms with Crippen molar-refractivity contribution in [3.63, 3.8) is 0 Å². The molecule has 2 aliphatic carbocycles. The minimum absolute atomic E-state index is 0.120. The van der Waals surface area contributed by atoms with E-state index in [4.69, 9.17) is 0 Å². The quantitative estimate of drug-likeness (QED) is 0.168. The molecule has 7 aromatic carbocycles. The van der Waals surface area contributed by atoms with Crippen LogP contribution in [0.3, 0.4) is 0 Å². The Morgan fingerprint density at radius 2 is 0.600 bits per heavy atom. The van der Waals surface area contributed by atoms with E-state index in [0.717, 1.165) is 33.6 Å². The molecule has 0 spiro atoms. The minimum Gasteiger partial charge on any atom is -0.256 e. The van der Waals surface area contributed by atoms with Crippen molar-refractivity contribution >= 4 is 0 Å². The molecule has 0 radical (unpaired) electrons. The zero-order valence-electron chi connectivity index (χ0n) is 34.4. The lowest BCUT2D eigenvalue weighted by atomic mass is 9.79. The zero-order chi connectivity index (χ0) is 40.6. The summed E-state index contributed by atoms with van der Waals surface area (Å²) in [7, 11) is 0. The lowest BCUT2D eigenvalue weighted by molar-refractivity contribution is 0.660. The highest BCUT2D eigenvalue weighted by Crippen LogP contribution is 2.53. The summed E-state index contributed by atoms with van der Waals surface area (Å²) >= 11 is 0. The molecule has 0 N–H and O–H groups in total. The summed E-state index contributed by atoms with van der Waals surface area (Å²) in [5.41, 5.74) is 24.3. The van der Waals surface area contributed by atoms with Gasteiger partial charge in [-0.25, -0.2) is 0 Å². The Bertz CT molecular complexity index is 2890. The molecule has 2 aliphatic rings. The van der Waals surface area contributed by atoms with Crippen LogP contribution in [0.1, 0.15) is 49.9 Å². The van der Waals surface area contributed by atoms with Gasteiger partial charge < -0.3 is 0 Å². The second-order valence-corrected chi connectivity index (χ2v) is 17.4. The Kier molecular flexibility index (Phi) is 8.22. The summed E-state index contributed by atoms with van der Waals surface area (Å²) in [4.78, 5) is 9.30. The monoisotopic (exact) mass is 768 g/mol. The van der Waals surface area contributed by atoms with Crippen LogP contribution in [0.15, 0.2) is 194 Å². The smallest absolute Gasteiger partial charge is 0.0701 e. The third kappa shape index (κ3) is 5.70. The fourth-order valence-corrected chi connectivity index (χ4v) is 10.0. The maximum Gasteiger partial charge on any atom is 0.0701 e. The van der Waals surface area contributed by atoms with Crippen molar-refractivity contribution < 1.29 is 0 Å². The van der Waals surface area contributed by atoms with Crippen molar-refractivity contribution in [2.75, 3.05) is 0 Å². The van der Waals surface area contributed by atoms with Gasteiger partial charge in [0.1, 0.15) is 0 Å². The van der Waals surface area contributed by atoms with Crippen LogP contribution < -0.4 is 0 Å². The number of benzene rings is 7. The van der Waals surface area contributed by atoms with Crippen LogP contribution in [-0.4, -0.2) is 9.97 Å². The number of hydrogen-bond acceptors (Lipinski definition) is 2. The van der Waals surface area contributed by atoms with Crippen LogP contribution in [0.2, 0.25) is 0 Å². The molecule has 0 fully saturated rings. The van der Waals surface area contributed by atoms with E-state index in [1.54, 1.807) is 0 Å². The number of rotatable bonds is 6. The third-order valence-electron chi connectivity index (χ3n) is 13.3. The zero-order valence-corrected chi connectivity index (χ0v) is 34.4. The largest absolute Gasteiger partial charge is 0.256 e. The second kappa shape index (κ2) is 13.7. The number of aromatic nitrogens is 2. The van der Waals surface area contributed by atoms with Gasteiger partial charge in [-0.05, 0) is 138 Å². The maximum absolute atomic E-state index is 4.65. The first-order valence-electron chi connectivity index (χ1n) is 21.0. The summed E-state index contributed by atoms with van der Waals surface area (Å²) in [6.07, 6.45) is 3.72. The first kappa shape index (κ1) is 36.0. The molecule has 2 nitrogen and oxygen atoms in total. The van der Waals surface area contributed by atoms with Crippen LogP contribution in [0, 0.1) is 0 Å². The topological polar surface area (TPSA) is 25.8 Å². The van der Waals surface area contributed by atoms with Crippen LogP contribution >= 0.6 is 0 Å². The van der Waals surface area contributed by atoms with Gasteiger partial charge in [0, 0.05) is 34.4 Å². The van der Waals surface area contributed by atoms with E-state index in [2.05, 4.69) is 195 Å². The fraction of sp³-hybridized carbons (Fsp3) is 0.103. The summed E-state index contributed by atoms with van der Waals surface area (Å²) < 4.78 is 0. The average molecular weight is 769 g/mol. The van der Waals surface area contributed by atoms with E-state index >= 15 is 0 Å². The summed E-state index contributed by atoms with van der Waals surface area (Å²) in [6, 6.07) is 67.1. The number of pyridine rings is 2. The van der Waals surface area contributed by atoms with Gasteiger partial charge in [-0.3, -0.25) is 9.97 Å². The van der Waals surface area contributed by atoms with Crippen molar-refractivity contribution in [2.45, 2.75) is 38.5 Å². The van der Waals surface area contributed by atoms with Crippen molar-refractivity contribution in [3.05, 3.63) is 217 Å². The Hall–Kier alpha value is -7.16. The normalized spacial score (nSPS) is 13.9. The highest BCUT2D eigenvalue weighted by atomic mass is 14.7. The van der Waals surface area contributed by atoms with Gasteiger partial charge >= 0.3 is 0 Å². The van der Waals surface area contributed by atoms with Gasteiger partial charge in [0.2, 0.25) is 0 Å². The SMILES string of the molecule is CC1(C)c2ccccc2-c2ccc(-c3cc(-c4ccc5c(c4)C(C)(C)c4ccccc4-5)c(-c4ccc(-c5ccccn5)cc4)cc3-c3ccc(-c4ccccn4)cc3)cc21. The third-order valence-corrected chi connectivity index (χ3v) is 13.3. The molecule has 2 aromatic heterocycles. The molecule has 0 amide bonds. The fourth-order valence-electron chi connectivity index (χ4n) is 10.0. The molecule has 0 saturated heterocycles. The Morgan fingerprint density at radius 3 is 1.00 bits per heavy atom. The minimum atomic E-state index is -0.120. The molecule has 0 saturated carbocycles. The van der Waals surface area contributed by atoms with Crippen molar-refractivity contribution in [1.82, 2.24) is 9.97 Å². The molecular weight excluding hydrogens is 725 g/mol. The molecule has 2 heteroatoms. The predicted octanol–water partition coefficient (Wildman–Crippen LogP) is 15.1. The van der Waals surface area contributed by atoms with E-state index in [1.807, 2.05) is 36.7 Å². The van der Waals surface area contributed by atoms with Gasteiger partial charge in [0.25, 0.3) is 0 Å². The predicted molar refractivity (Wildman–Crippen MR) is 250 cm³/mol. The second-order valence-electron chi connectivity index (χ2n) is 17.4. The lowest BCUT2D eigenvalue weighted by Crippen LogP contribution is -2.15. The molecule has 0 aliphatic heterocycles. The van der Waals surface area contributed by atoms with E-state index < -0.39 is 0 Å². The summed E-state index contributed by atoms with van der Waals surface area (Å²) in [5.74, 6) is 0. The van der Waals surface area contributed by atoms with Crippen LogP contribution in [0.25, 0.3) is 89.3 Å². The van der Waals surface area contributed by atoms with Crippen molar-refractivity contribution in [3.8, 4) is 89.3 Å². The summed E-state index contributed by atoms with van der Waals surface area (Å²) in [5, 5.41) is 0. The molecule has 286 valence electrons. The van der Waals surface area contributed by atoms with Crippen molar-refractivity contribution in [1.29, 1.82) is 0 Å². The number of fused-ring (bicyclic) bond motifs is 6. The maximum atomic E-state index is 4.65. The lowest BCUT2D eigenvalue weighted by Gasteiger charge is -2.24. The molecule has 0 bridgehead atoms. The van der Waals surface area contributed by atoms with Gasteiger partial charge in [-0.15, -0.1) is 0 Å². The number of nitrogens with zero attached hydrogens (tertiary/aromatic N) is 2. The Labute approximate surface area is 353 Å². The van der Waals surface area contributed by atoms with E-state index in [-0.39, 0.29) is 10.8 Å². The Morgan fingerprint density at radius 1 is 0.267 bits per heavy atom. The molecule has 11 rings (SSSR count).